The summed E-state index contributed by atoms with van der Waals surface area (Å²) in [5.41, 5.74) is 6.25. The van der Waals surface area contributed by atoms with Crippen molar-refractivity contribution in [2.24, 2.45) is 0 Å². The number of carbonyl (C=O) groups is 1. The second kappa shape index (κ2) is 4.84. The maximum atomic E-state index is 11.5. The fourth-order valence-electron chi connectivity index (χ4n) is 0.592. The van der Waals surface area contributed by atoms with Crippen LogP contribution in [0.2, 0.25) is 0 Å². The number of hydrogen-bond acceptors (Lipinski definition) is 2. The van der Waals surface area contributed by atoms with Crippen molar-refractivity contribution in [3.8, 4) is 0 Å². The quantitative estimate of drug-likeness (QED) is 0.628. The summed E-state index contributed by atoms with van der Waals surface area (Å²) < 4.78 is 38.6. The van der Waals surface area contributed by atoms with Crippen LogP contribution in [-0.4, -0.2) is 18.9 Å². The molecular weight excluding hydrogens is 175 g/mol. The highest BCUT2D eigenvalue weighted by Gasteiger charge is 2.25. The predicted molar refractivity (Wildman–Crippen MR) is 34.4 cm³/mol. The van der Waals surface area contributed by atoms with E-state index in [0.717, 1.165) is 0 Å². The molecule has 0 aromatic carbocycles. The Hall–Kier alpha value is -0.940. The van der Waals surface area contributed by atoms with E-state index < -0.39 is 18.7 Å². The lowest BCUT2D eigenvalue weighted by Gasteiger charge is -2.04. The van der Waals surface area contributed by atoms with Gasteiger partial charge in [0.25, 0.3) is 0 Å². The van der Waals surface area contributed by atoms with Crippen LogP contribution in [0, 0.1) is 0 Å². The molecule has 0 aromatic heterocycles. The summed E-state index contributed by atoms with van der Waals surface area (Å²) in [5, 5.41) is 0. The van der Waals surface area contributed by atoms with Crippen molar-refractivity contribution in [1.29, 1.82) is 0 Å². The summed E-state index contributed by atoms with van der Waals surface area (Å²) in [5.74, 6) is 0. The third-order valence-electron chi connectivity index (χ3n) is 1.09. The first-order chi connectivity index (χ1) is 5.42. The van der Waals surface area contributed by atoms with E-state index in [1.54, 1.807) is 0 Å². The van der Waals surface area contributed by atoms with Crippen molar-refractivity contribution >= 4 is 6.09 Å². The SMILES string of the molecule is [NH]C(=O)OCCCCC(F)(F)F. The second-order valence-electron chi connectivity index (χ2n) is 2.21. The fraction of sp³-hybridized carbons (Fsp3) is 0.833. The van der Waals surface area contributed by atoms with E-state index in [0.29, 0.717) is 0 Å². The van der Waals surface area contributed by atoms with E-state index in [-0.39, 0.29) is 19.4 Å². The van der Waals surface area contributed by atoms with Crippen LogP contribution in [0.1, 0.15) is 19.3 Å². The predicted octanol–water partition coefficient (Wildman–Crippen LogP) is 2.14. The average Bonchev–Trinajstić information content (AvgIpc) is 1.83. The van der Waals surface area contributed by atoms with Crippen molar-refractivity contribution in [3.63, 3.8) is 0 Å². The van der Waals surface area contributed by atoms with Crippen LogP contribution in [0.3, 0.4) is 0 Å². The summed E-state index contributed by atoms with van der Waals surface area (Å²) in [6.07, 6.45) is -6.16. The van der Waals surface area contributed by atoms with Gasteiger partial charge in [0, 0.05) is 6.42 Å². The molecule has 0 spiro atoms. The molecule has 0 saturated carbocycles. The Bertz CT molecular complexity index is 146. The minimum atomic E-state index is -4.15. The van der Waals surface area contributed by atoms with Crippen LogP contribution in [0.15, 0.2) is 0 Å². The van der Waals surface area contributed by atoms with Gasteiger partial charge < -0.3 is 4.74 Å². The highest BCUT2D eigenvalue weighted by molar-refractivity contribution is 5.63. The Morgan fingerprint density at radius 1 is 1.33 bits per heavy atom. The molecular formula is C6H9F3NO2. The molecule has 3 nitrogen and oxygen atoms in total. The number of ether oxygens (including phenoxy) is 1. The smallest absolute Gasteiger partial charge is 0.426 e. The zero-order valence-corrected chi connectivity index (χ0v) is 6.28. The van der Waals surface area contributed by atoms with Crippen LogP contribution in [0.5, 0.6) is 0 Å². The lowest BCUT2D eigenvalue weighted by atomic mass is 10.2. The molecule has 0 aliphatic carbocycles. The van der Waals surface area contributed by atoms with Gasteiger partial charge in [-0.05, 0) is 12.8 Å². The number of unbranched alkanes of at least 4 members (excludes halogenated alkanes) is 1. The highest BCUT2D eigenvalue weighted by atomic mass is 19.4. The van der Waals surface area contributed by atoms with Gasteiger partial charge in [0.05, 0.1) is 6.61 Å². The van der Waals surface area contributed by atoms with E-state index >= 15 is 0 Å². The lowest BCUT2D eigenvalue weighted by molar-refractivity contribution is -0.135. The van der Waals surface area contributed by atoms with Crippen molar-refractivity contribution in [2.75, 3.05) is 6.61 Å². The molecule has 6 heteroatoms. The van der Waals surface area contributed by atoms with Gasteiger partial charge in [-0.15, -0.1) is 0 Å². The largest absolute Gasteiger partial charge is 0.448 e. The Labute approximate surface area is 67.7 Å². The minimum Gasteiger partial charge on any atom is -0.448 e. The molecule has 0 atom stereocenters. The number of carbonyl (C=O) groups excluding carboxylic acids is 1. The van der Waals surface area contributed by atoms with Crippen LogP contribution < -0.4 is 5.73 Å². The van der Waals surface area contributed by atoms with Crippen LogP contribution in [0.25, 0.3) is 0 Å². The highest BCUT2D eigenvalue weighted by Crippen LogP contribution is 2.21. The van der Waals surface area contributed by atoms with Crippen LogP contribution in [0.4, 0.5) is 18.0 Å². The molecule has 0 heterocycles. The summed E-state index contributed by atoms with van der Waals surface area (Å²) in [6, 6.07) is 0. The standard InChI is InChI=1S/C6H9F3NO2/c7-6(8,9)3-1-2-4-12-5(10)11/h10H,1-4H2. The van der Waals surface area contributed by atoms with Gasteiger partial charge in [0.1, 0.15) is 0 Å². The number of rotatable bonds is 4. The van der Waals surface area contributed by atoms with Crippen molar-refractivity contribution in [2.45, 2.75) is 25.4 Å². The Balaban J connectivity index is 3.17. The molecule has 0 aliphatic rings. The molecule has 0 saturated heterocycles. The van der Waals surface area contributed by atoms with Gasteiger partial charge >= 0.3 is 12.3 Å². The second-order valence-corrected chi connectivity index (χ2v) is 2.21. The topological polar surface area (TPSA) is 50.1 Å². The van der Waals surface area contributed by atoms with E-state index in [9.17, 15) is 18.0 Å². The molecule has 1 amide bonds. The number of halogens is 3. The summed E-state index contributed by atoms with van der Waals surface area (Å²) in [4.78, 5) is 9.83. The summed E-state index contributed by atoms with van der Waals surface area (Å²) >= 11 is 0. The fourth-order valence-corrected chi connectivity index (χ4v) is 0.592. The minimum absolute atomic E-state index is 0.0726. The first-order valence-electron chi connectivity index (χ1n) is 3.37. The summed E-state index contributed by atoms with van der Waals surface area (Å²) in [7, 11) is 0. The van der Waals surface area contributed by atoms with Crippen molar-refractivity contribution in [3.05, 3.63) is 0 Å². The van der Waals surface area contributed by atoms with Gasteiger partial charge in [-0.2, -0.15) is 13.2 Å². The van der Waals surface area contributed by atoms with E-state index in [1.807, 2.05) is 0 Å². The Morgan fingerprint density at radius 2 is 1.92 bits per heavy atom. The number of alkyl halides is 3. The summed E-state index contributed by atoms with van der Waals surface area (Å²) in [6.45, 7) is -0.113. The molecule has 1 radical (unpaired) electrons. The molecule has 0 rings (SSSR count). The van der Waals surface area contributed by atoms with E-state index in [4.69, 9.17) is 5.73 Å². The van der Waals surface area contributed by atoms with Crippen LogP contribution in [-0.2, 0) is 4.74 Å². The van der Waals surface area contributed by atoms with Gasteiger partial charge in [0.2, 0.25) is 0 Å². The molecule has 1 N–H and O–H groups in total. The molecule has 0 aliphatic heterocycles. The van der Waals surface area contributed by atoms with E-state index in [1.165, 1.54) is 0 Å². The molecule has 0 bridgehead atoms. The zero-order chi connectivity index (χ0) is 9.61. The molecule has 0 aromatic rings. The third kappa shape index (κ3) is 9.06. The molecule has 0 fully saturated rings. The Kier molecular flexibility index (Phi) is 4.46. The lowest BCUT2D eigenvalue weighted by Crippen LogP contribution is -2.08. The van der Waals surface area contributed by atoms with Gasteiger partial charge in [-0.3, -0.25) is 0 Å². The molecule has 12 heavy (non-hydrogen) atoms. The normalized spacial score (nSPS) is 11.2. The maximum Gasteiger partial charge on any atom is 0.426 e. The van der Waals surface area contributed by atoms with Gasteiger partial charge in [-0.25, -0.2) is 10.5 Å². The van der Waals surface area contributed by atoms with Crippen molar-refractivity contribution < 1.29 is 22.7 Å². The Morgan fingerprint density at radius 3 is 2.33 bits per heavy atom. The first-order valence-corrected chi connectivity index (χ1v) is 3.37. The first kappa shape index (κ1) is 11.1. The maximum absolute atomic E-state index is 11.5. The van der Waals surface area contributed by atoms with E-state index in [2.05, 4.69) is 4.74 Å². The average molecular weight is 184 g/mol. The molecule has 0 unspecified atom stereocenters. The molecule has 71 valence electrons. The van der Waals surface area contributed by atoms with Gasteiger partial charge in [-0.1, -0.05) is 0 Å². The van der Waals surface area contributed by atoms with Crippen LogP contribution >= 0.6 is 0 Å². The van der Waals surface area contributed by atoms with Crippen molar-refractivity contribution in [1.82, 2.24) is 5.73 Å². The number of nitrogens with one attached hydrogen (secondary N) is 1. The number of amides is 1. The monoisotopic (exact) mass is 184 g/mol. The number of hydrogen-bond donors (Lipinski definition) is 0. The van der Waals surface area contributed by atoms with Gasteiger partial charge in [0.15, 0.2) is 0 Å². The zero-order valence-electron chi connectivity index (χ0n) is 6.28. The third-order valence-corrected chi connectivity index (χ3v) is 1.09.